The highest BCUT2D eigenvalue weighted by atomic mass is 16.6. The largest absolute Gasteiger partial charge is 0.481 e. The molecule has 22 heavy (non-hydrogen) atoms. The van der Waals surface area contributed by atoms with Gasteiger partial charge in [0.15, 0.2) is 12.4 Å². The van der Waals surface area contributed by atoms with Crippen molar-refractivity contribution in [1.82, 2.24) is 0 Å². The van der Waals surface area contributed by atoms with Gasteiger partial charge in [-0.2, -0.15) is 0 Å². The normalized spacial score (nSPS) is 15.0. The fourth-order valence-corrected chi connectivity index (χ4v) is 2.58. The molecule has 2 aromatic carbocycles. The fraction of sp³-hybridized carbons (Fsp3) is 0.188. The van der Waals surface area contributed by atoms with E-state index in [9.17, 15) is 14.9 Å². The van der Waals surface area contributed by atoms with Crippen molar-refractivity contribution in [3.05, 3.63) is 64.2 Å². The van der Waals surface area contributed by atoms with Crippen LogP contribution in [0.4, 0.5) is 11.4 Å². The van der Waals surface area contributed by atoms with Gasteiger partial charge in [0.05, 0.1) is 22.7 Å². The Morgan fingerprint density at radius 2 is 1.95 bits per heavy atom. The standard InChI is InChI=1S/C16H14N2O4/c1-11(12-5-3-2-4-6-12)17-14-8-7-13(18(20)21)9-15(14)22-10-16(17)19/h2-9,11H,10H2,1H3. The van der Waals surface area contributed by atoms with Gasteiger partial charge in [-0.3, -0.25) is 19.8 Å². The molecular weight excluding hydrogens is 284 g/mol. The smallest absolute Gasteiger partial charge is 0.273 e. The minimum Gasteiger partial charge on any atom is -0.481 e. The summed E-state index contributed by atoms with van der Waals surface area (Å²) in [7, 11) is 0. The minimum absolute atomic E-state index is 0.0552. The van der Waals surface area contributed by atoms with Gasteiger partial charge in [-0.15, -0.1) is 0 Å². The van der Waals surface area contributed by atoms with Crippen LogP contribution in [0.1, 0.15) is 18.5 Å². The van der Waals surface area contributed by atoms with Gasteiger partial charge in [-0.1, -0.05) is 30.3 Å². The lowest BCUT2D eigenvalue weighted by atomic mass is 10.0. The number of carbonyl (C=O) groups is 1. The number of rotatable bonds is 3. The maximum absolute atomic E-state index is 12.3. The molecule has 0 fully saturated rings. The summed E-state index contributed by atoms with van der Waals surface area (Å²) >= 11 is 0. The third kappa shape index (κ3) is 2.39. The van der Waals surface area contributed by atoms with Crippen LogP contribution in [0.3, 0.4) is 0 Å². The lowest BCUT2D eigenvalue weighted by Crippen LogP contribution is -2.40. The van der Waals surface area contributed by atoms with E-state index in [0.717, 1.165) is 5.56 Å². The second-order valence-corrected chi connectivity index (χ2v) is 5.05. The van der Waals surface area contributed by atoms with E-state index in [1.165, 1.54) is 12.1 Å². The van der Waals surface area contributed by atoms with E-state index in [-0.39, 0.29) is 24.2 Å². The summed E-state index contributed by atoms with van der Waals surface area (Å²) in [6, 6.07) is 13.7. The lowest BCUT2D eigenvalue weighted by molar-refractivity contribution is -0.384. The van der Waals surface area contributed by atoms with Crippen molar-refractivity contribution in [2.75, 3.05) is 11.5 Å². The first-order chi connectivity index (χ1) is 10.6. The number of hydrogen-bond donors (Lipinski definition) is 0. The van der Waals surface area contributed by atoms with Crippen LogP contribution in [0.25, 0.3) is 0 Å². The van der Waals surface area contributed by atoms with Gasteiger partial charge in [0.1, 0.15) is 0 Å². The molecule has 0 saturated heterocycles. The van der Waals surface area contributed by atoms with Crippen LogP contribution in [0.2, 0.25) is 0 Å². The number of fused-ring (bicyclic) bond motifs is 1. The number of amides is 1. The summed E-state index contributed by atoms with van der Waals surface area (Å²) in [6.45, 7) is 1.80. The Balaban J connectivity index is 2.03. The van der Waals surface area contributed by atoms with Gasteiger partial charge < -0.3 is 4.74 Å². The number of benzene rings is 2. The molecule has 3 rings (SSSR count). The molecule has 1 heterocycles. The van der Waals surface area contributed by atoms with Crippen LogP contribution in [0.15, 0.2) is 48.5 Å². The van der Waals surface area contributed by atoms with Gasteiger partial charge in [0, 0.05) is 6.07 Å². The molecule has 0 radical (unpaired) electrons. The summed E-state index contributed by atoms with van der Waals surface area (Å²) in [5.74, 6) is 0.189. The first kappa shape index (κ1) is 14.1. The van der Waals surface area contributed by atoms with E-state index in [4.69, 9.17) is 4.74 Å². The summed E-state index contributed by atoms with van der Waals surface area (Å²) in [5.41, 5.74) is 1.49. The molecule has 0 aromatic heterocycles. The molecule has 6 heteroatoms. The van der Waals surface area contributed by atoms with E-state index in [0.29, 0.717) is 11.4 Å². The monoisotopic (exact) mass is 298 g/mol. The zero-order valence-electron chi connectivity index (χ0n) is 11.9. The zero-order chi connectivity index (χ0) is 15.7. The highest BCUT2D eigenvalue weighted by molar-refractivity contribution is 5.98. The summed E-state index contributed by atoms with van der Waals surface area (Å²) < 4.78 is 5.35. The summed E-state index contributed by atoms with van der Waals surface area (Å²) in [5, 5.41) is 10.9. The Morgan fingerprint density at radius 1 is 1.23 bits per heavy atom. The van der Waals surface area contributed by atoms with Gasteiger partial charge >= 0.3 is 0 Å². The molecule has 1 amide bonds. The fourth-order valence-electron chi connectivity index (χ4n) is 2.58. The van der Waals surface area contributed by atoms with Crippen molar-refractivity contribution in [2.24, 2.45) is 0 Å². The van der Waals surface area contributed by atoms with Crippen LogP contribution < -0.4 is 9.64 Å². The maximum Gasteiger partial charge on any atom is 0.273 e. The van der Waals surface area contributed by atoms with Crippen molar-refractivity contribution in [1.29, 1.82) is 0 Å². The number of anilines is 1. The Bertz CT molecular complexity index is 730. The van der Waals surface area contributed by atoms with E-state index < -0.39 is 4.92 Å². The molecule has 1 unspecified atom stereocenters. The molecule has 0 N–H and O–H groups in total. The first-order valence-electron chi connectivity index (χ1n) is 6.86. The van der Waals surface area contributed by atoms with Gasteiger partial charge in [0.2, 0.25) is 0 Å². The molecule has 1 aliphatic heterocycles. The Kier molecular flexibility index (Phi) is 3.50. The third-order valence-corrected chi connectivity index (χ3v) is 3.70. The van der Waals surface area contributed by atoms with Gasteiger partial charge in [-0.25, -0.2) is 0 Å². The van der Waals surface area contributed by atoms with Crippen molar-refractivity contribution < 1.29 is 14.5 Å². The number of nitro groups is 1. The quantitative estimate of drug-likeness (QED) is 0.644. The van der Waals surface area contributed by atoms with Gasteiger partial charge in [0.25, 0.3) is 11.6 Å². The van der Waals surface area contributed by atoms with Crippen LogP contribution in [-0.2, 0) is 4.79 Å². The van der Waals surface area contributed by atoms with Gasteiger partial charge in [-0.05, 0) is 18.6 Å². The van der Waals surface area contributed by atoms with Crippen LogP contribution in [-0.4, -0.2) is 17.4 Å². The molecule has 112 valence electrons. The van der Waals surface area contributed by atoms with Crippen LogP contribution in [0, 0.1) is 10.1 Å². The highest BCUT2D eigenvalue weighted by Gasteiger charge is 2.31. The Morgan fingerprint density at radius 3 is 2.64 bits per heavy atom. The zero-order valence-corrected chi connectivity index (χ0v) is 11.9. The minimum atomic E-state index is -0.481. The number of nitrogens with zero attached hydrogens (tertiary/aromatic N) is 2. The molecule has 0 bridgehead atoms. The number of nitro benzene ring substituents is 1. The number of hydrogen-bond acceptors (Lipinski definition) is 4. The Hall–Kier alpha value is -2.89. The molecule has 0 spiro atoms. The van der Waals surface area contributed by atoms with E-state index in [1.807, 2.05) is 37.3 Å². The third-order valence-electron chi connectivity index (χ3n) is 3.70. The Labute approximate surface area is 127 Å². The summed E-state index contributed by atoms with van der Waals surface area (Å²) in [6.07, 6.45) is 0. The average Bonchev–Trinajstić information content (AvgIpc) is 2.54. The molecule has 0 aliphatic carbocycles. The van der Waals surface area contributed by atoms with E-state index in [1.54, 1.807) is 11.0 Å². The van der Waals surface area contributed by atoms with E-state index in [2.05, 4.69) is 0 Å². The molecule has 2 aromatic rings. The average molecular weight is 298 g/mol. The predicted molar refractivity (Wildman–Crippen MR) is 80.9 cm³/mol. The highest BCUT2D eigenvalue weighted by Crippen LogP contribution is 2.39. The van der Waals surface area contributed by atoms with Crippen molar-refractivity contribution in [3.8, 4) is 5.75 Å². The lowest BCUT2D eigenvalue weighted by Gasteiger charge is -2.34. The second-order valence-electron chi connectivity index (χ2n) is 5.05. The van der Waals surface area contributed by atoms with Crippen LogP contribution >= 0.6 is 0 Å². The number of ether oxygens (including phenoxy) is 1. The van der Waals surface area contributed by atoms with Crippen molar-refractivity contribution >= 4 is 17.3 Å². The molecular formula is C16H14N2O4. The van der Waals surface area contributed by atoms with E-state index >= 15 is 0 Å². The SMILES string of the molecule is CC(c1ccccc1)N1C(=O)COc2cc([N+](=O)[O-])ccc21. The molecule has 1 aliphatic rings. The first-order valence-corrected chi connectivity index (χ1v) is 6.86. The predicted octanol–water partition coefficient (Wildman–Crippen LogP) is 3.08. The van der Waals surface area contributed by atoms with Crippen LogP contribution in [0.5, 0.6) is 5.75 Å². The van der Waals surface area contributed by atoms with Crippen molar-refractivity contribution in [2.45, 2.75) is 13.0 Å². The summed E-state index contributed by atoms with van der Waals surface area (Å²) in [4.78, 5) is 24.3. The molecule has 0 saturated carbocycles. The van der Waals surface area contributed by atoms with Crippen molar-refractivity contribution in [3.63, 3.8) is 0 Å². The second kappa shape index (κ2) is 5.48. The molecule has 6 nitrogen and oxygen atoms in total. The number of non-ortho nitro benzene ring substituents is 1. The molecule has 1 atom stereocenters. The maximum atomic E-state index is 12.3. The topological polar surface area (TPSA) is 72.7 Å². The number of carbonyl (C=O) groups excluding carboxylic acids is 1.